The molecule has 6 heteroatoms. The first-order valence-electron chi connectivity index (χ1n) is 8.68. The molecule has 0 saturated carbocycles. The summed E-state index contributed by atoms with van der Waals surface area (Å²) >= 11 is 0. The number of rotatable bonds is 4. The number of guanidine groups is 1. The lowest BCUT2D eigenvalue weighted by molar-refractivity contribution is 0.0529. The molecular formula is C18H27N5O. The Balaban J connectivity index is 1.50. The quantitative estimate of drug-likeness (QED) is 0.500. The Morgan fingerprint density at radius 2 is 2.21 bits per heavy atom. The topological polar surface area (TPSA) is 61.8 Å². The van der Waals surface area contributed by atoms with Crippen LogP contribution in [0.15, 0.2) is 35.5 Å². The van der Waals surface area contributed by atoms with Crippen molar-refractivity contribution in [2.75, 3.05) is 31.6 Å². The maximum Gasteiger partial charge on any atom is 0.191 e. The lowest BCUT2D eigenvalue weighted by Crippen LogP contribution is -2.42. The zero-order chi connectivity index (χ0) is 16.8. The first-order valence-corrected chi connectivity index (χ1v) is 8.68. The van der Waals surface area contributed by atoms with Gasteiger partial charge in [0.2, 0.25) is 0 Å². The van der Waals surface area contributed by atoms with E-state index in [-0.39, 0.29) is 6.10 Å². The van der Waals surface area contributed by atoms with E-state index in [1.54, 1.807) is 7.05 Å². The molecule has 0 spiro atoms. The van der Waals surface area contributed by atoms with Crippen LogP contribution in [0.1, 0.15) is 25.3 Å². The maximum absolute atomic E-state index is 5.58. The fourth-order valence-electron chi connectivity index (χ4n) is 3.04. The fourth-order valence-corrected chi connectivity index (χ4v) is 3.04. The Morgan fingerprint density at radius 3 is 2.88 bits per heavy atom. The maximum atomic E-state index is 5.58. The summed E-state index contributed by atoms with van der Waals surface area (Å²) in [5, 5.41) is 6.79. The Labute approximate surface area is 144 Å². The minimum atomic E-state index is 0.265. The molecule has 3 rings (SSSR count). The van der Waals surface area contributed by atoms with E-state index in [1.165, 1.54) is 0 Å². The van der Waals surface area contributed by atoms with Gasteiger partial charge in [-0.05, 0) is 31.4 Å². The molecule has 0 aromatic carbocycles. The van der Waals surface area contributed by atoms with Crippen molar-refractivity contribution >= 4 is 11.8 Å². The van der Waals surface area contributed by atoms with Crippen LogP contribution in [0.5, 0.6) is 0 Å². The first-order chi connectivity index (χ1) is 11.7. The number of aromatic nitrogens is 1. The number of aliphatic imine (C=N–C) groups is 1. The summed E-state index contributed by atoms with van der Waals surface area (Å²) < 4.78 is 5.58. The average molecular weight is 329 g/mol. The van der Waals surface area contributed by atoms with Crippen LogP contribution in [0.25, 0.3) is 0 Å². The molecule has 130 valence electrons. The van der Waals surface area contributed by atoms with Crippen molar-refractivity contribution in [1.82, 2.24) is 15.6 Å². The number of anilines is 1. The Bertz CT molecular complexity index is 576. The van der Waals surface area contributed by atoms with Crippen LogP contribution in [0.4, 0.5) is 5.82 Å². The number of ether oxygens (including phenoxy) is 1. The molecular weight excluding hydrogens is 302 g/mol. The molecule has 2 aliphatic rings. The molecule has 6 nitrogen and oxygen atoms in total. The second kappa shape index (κ2) is 8.15. The van der Waals surface area contributed by atoms with Gasteiger partial charge in [-0.2, -0.15) is 0 Å². The fraction of sp³-hybridized carbons (Fsp3) is 0.556. The van der Waals surface area contributed by atoms with E-state index >= 15 is 0 Å². The van der Waals surface area contributed by atoms with Crippen LogP contribution in [0.3, 0.4) is 0 Å². The van der Waals surface area contributed by atoms with Crippen LogP contribution < -0.4 is 15.5 Å². The molecule has 1 saturated heterocycles. The van der Waals surface area contributed by atoms with Crippen LogP contribution in [0.2, 0.25) is 0 Å². The zero-order valence-electron chi connectivity index (χ0n) is 14.5. The Morgan fingerprint density at radius 1 is 1.38 bits per heavy atom. The predicted octanol–water partition coefficient (Wildman–Crippen LogP) is 1.69. The van der Waals surface area contributed by atoms with Gasteiger partial charge in [-0.1, -0.05) is 18.2 Å². The van der Waals surface area contributed by atoms with Gasteiger partial charge in [-0.3, -0.25) is 4.99 Å². The molecule has 0 radical (unpaired) electrons. The highest BCUT2D eigenvalue weighted by atomic mass is 16.5. The van der Waals surface area contributed by atoms with Crippen LogP contribution in [-0.4, -0.2) is 49.8 Å². The number of pyridine rings is 1. The molecule has 1 atom stereocenters. The minimum Gasteiger partial charge on any atom is -0.375 e. The van der Waals surface area contributed by atoms with E-state index in [4.69, 9.17) is 4.74 Å². The van der Waals surface area contributed by atoms with Crippen molar-refractivity contribution in [3.05, 3.63) is 36.0 Å². The van der Waals surface area contributed by atoms with E-state index in [1.807, 2.05) is 6.20 Å². The number of nitrogens with one attached hydrogen (secondary N) is 2. The Hall–Kier alpha value is -2.08. The lowest BCUT2D eigenvalue weighted by atomic mass is 10.2. The van der Waals surface area contributed by atoms with Crippen LogP contribution >= 0.6 is 0 Å². The second-order valence-electron chi connectivity index (χ2n) is 6.36. The third kappa shape index (κ3) is 4.47. The van der Waals surface area contributed by atoms with Gasteiger partial charge in [0.05, 0.1) is 12.7 Å². The third-order valence-corrected chi connectivity index (χ3v) is 4.41. The highest BCUT2D eigenvalue weighted by Crippen LogP contribution is 2.15. The molecule has 1 aliphatic carbocycles. The molecule has 1 aromatic heterocycles. The number of morpholine rings is 1. The predicted molar refractivity (Wildman–Crippen MR) is 97.4 cm³/mol. The molecule has 1 aromatic rings. The normalized spacial score (nSPS) is 22.0. The lowest BCUT2D eigenvalue weighted by Gasteiger charge is -2.32. The molecule has 2 heterocycles. The summed E-state index contributed by atoms with van der Waals surface area (Å²) in [5.74, 6) is 1.86. The van der Waals surface area contributed by atoms with E-state index in [0.717, 1.165) is 49.9 Å². The van der Waals surface area contributed by atoms with Gasteiger partial charge in [0.15, 0.2) is 5.96 Å². The molecule has 2 N–H and O–H groups in total. The number of hydrogen-bond acceptors (Lipinski definition) is 4. The van der Waals surface area contributed by atoms with Gasteiger partial charge in [0, 0.05) is 38.9 Å². The van der Waals surface area contributed by atoms with E-state index < -0.39 is 0 Å². The summed E-state index contributed by atoms with van der Waals surface area (Å²) in [4.78, 5) is 11.2. The average Bonchev–Trinajstić information content (AvgIpc) is 3.12. The molecule has 0 amide bonds. The van der Waals surface area contributed by atoms with Gasteiger partial charge in [0.1, 0.15) is 5.82 Å². The standard InChI is InChI=1S/C18H27N5O/c1-14-13-23(9-10-24-14)17-8-7-15(11-20-17)12-21-18(19-2)22-16-5-3-4-6-16/h3-4,7-8,11,14,16H,5-6,9-10,12-13H2,1-2H3,(H2,19,21,22). The third-order valence-electron chi connectivity index (χ3n) is 4.41. The Kier molecular flexibility index (Phi) is 5.69. The summed E-state index contributed by atoms with van der Waals surface area (Å²) in [6.45, 7) is 5.39. The summed E-state index contributed by atoms with van der Waals surface area (Å²) in [6, 6.07) is 4.67. The molecule has 1 unspecified atom stereocenters. The van der Waals surface area contributed by atoms with E-state index in [0.29, 0.717) is 12.6 Å². The van der Waals surface area contributed by atoms with Crippen LogP contribution in [0, 0.1) is 0 Å². The zero-order valence-corrected chi connectivity index (χ0v) is 14.5. The minimum absolute atomic E-state index is 0.265. The number of hydrogen-bond donors (Lipinski definition) is 2. The van der Waals surface area contributed by atoms with Crippen molar-refractivity contribution in [1.29, 1.82) is 0 Å². The summed E-state index contributed by atoms with van der Waals surface area (Å²) in [6.07, 6.45) is 8.75. The van der Waals surface area contributed by atoms with Gasteiger partial charge < -0.3 is 20.3 Å². The largest absolute Gasteiger partial charge is 0.375 e. The smallest absolute Gasteiger partial charge is 0.191 e. The molecule has 1 aliphatic heterocycles. The SMILES string of the molecule is CN=C(NCc1ccc(N2CCOC(C)C2)nc1)NC1CC=CC1. The number of nitrogens with zero attached hydrogens (tertiary/aromatic N) is 3. The summed E-state index contributed by atoms with van der Waals surface area (Å²) in [5.41, 5.74) is 1.15. The van der Waals surface area contributed by atoms with Crippen molar-refractivity contribution < 1.29 is 4.74 Å². The van der Waals surface area contributed by atoms with Gasteiger partial charge in [0.25, 0.3) is 0 Å². The van der Waals surface area contributed by atoms with Gasteiger partial charge in [-0.15, -0.1) is 0 Å². The molecule has 1 fully saturated rings. The highest BCUT2D eigenvalue weighted by Gasteiger charge is 2.17. The van der Waals surface area contributed by atoms with Gasteiger partial charge in [-0.25, -0.2) is 4.98 Å². The molecule has 24 heavy (non-hydrogen) atoms. The van der Waals surface area contributed by atoms with Crippen molar-refractivity contribution in [3.63, 3.8) is 0 Å². The first kappa shape index (κ1) is 16.8. The van der Waals surface area contributed by atoms with Crippen LogP contribution in [-0.2, 0) is 11.3 Å². The van der Waals surface area contributed by atoms with E-state index in [2.05, 4.69) is 56.7 Å². The van der Waals surface area contributed by atoms with Crippen molar-refractivity contribution in [2.45, 2.75) is 38.5 Å². The van der Waals surface area contributed by atoms with Gasteiger partial charge >= 0.3 is 0 Å². The monoisotopic (exact) mass is 329 g/mol. The van der Waals surface area contributed by atoms with Crippen molar-refractivity contribution in [3.8, 4) is 0 Å². The second-order valence-corrected chi connectivity index (χ2v) is 6.36. The highest BCUT2D eigenvalue weighted by molar-refractivity contribution is 5.80. The molecule has 0 bridgehead atoms. The van der Waals surface area contributed by atoms with E-state index in [9.17, 15) is 0 Å². The summed E-state index contributed by atoms with van der Waals surface area (Å²) in [7, 11) is 1.80. The van der Waals surface area contributed by atoms with Crippen molar-refractivity contribution in [2.24, 2.45) is 4.99 Å².